The monoisotopic (exact) mass is 369 g/mol. The number of hydrogen-bond donors (Lipinski definition) is 3. The van der Waals surface area contributed by atoms with E-state index >= 15 is 0 Å². The highest BCUT2D eigenvalue weighted by Gasteiger charge is 2.19. The van der Waals surface area contributed by atoms with Crippen molar-refractivity contribution in [2.24, 2.45) is 0 Å². The minimum Gasteiger partial charge on any atom is -0.473 e. The number of amides is 3. The van der Waals surface area contributed by atoms with Gasteiger partial charge in [-0.2, -0.15) is 0 Å². The maximum atomic E-state index is 12.1. The molecule has 2 aromatic rings. The Hall–Kier alpha value is -3.02. The normalized spacial score (nSPS) is 10.9. The van der Waals surface area contributed by atoms with Crippen molar-refractivity contribution in [2.45, 2.75) is 40.0 Å². The molecule has 0 aliphatic rings. The SMILES string of the molecule is CC(=O)Nc1cccc(NC(=O)NCOc2ccc(C)cc2C(C)(C)C)c1. The Labute approximate surface area is 160 Å². The molecule has 0 heterocycles. The van der Waals surface area contributed by atoms with Crippen LogP contribution >= 0.6 is 0 Å². The average Bonchev–Trinajstić information content (AvgIpc) is 2.55. The summed E-state index contributed by atoms with van der Waals surface area (Å²) in [5.74, 6) is 0.582. The molecule has 0 unspecified atom stereocenters. The largest absolute Gasteiger partial charge is 0.473 e. The van der Waals surface area contributed by atoms with Crippen LogP contribution in [-0.2, 0) is 10.2 Å². The van der Waals surface area contributed by atoms with Gasteiger partial charge in [0, 0.05) is 18.3 Å². The molecule has 0 aliphatic carbocycles. The van der Waals surface area contributed by atoms with E-state index in [1.165, 1.54) is 6.92 Å². The lowest BCUT2D eigenvalue weighted by Crippen LogP contribution is -2.32. The predicted octanol–water partition coefficient (Wildman–Crippen LogP) is 4.41. The van der Waals surface area contributed by atoms with E-state index in [0.717, 1.165) is 16.9 Å². The van der Waals surface area contributed by atoms with Gasteiger partial charge in [-0.3, -0.25) is 4.79 Å². The van der Waals surface area contributed by atoms with E-state index < -0.39 is 0 Å². The molecule has 0 fully saturated rings. The number of rotatable bonds is 5. The van der Waals surface area contributed by atoms with Gasteiger partial charge in [-0.25, -0.2) is 4.79 Å². The summed E-state index contributed by atoms with van der Waals surface area (Å²) >= 11 is 0. The Morgan fingerprint density at radius 1 is 1.00 bits per heavy atom. The molecule has 144 valence electrons. The highest BCUT2D eigenvalue weighted by atomic mass is 16.5. The summed E-state index contributed by atoms with van der Waals surface area (Å²) in [7, 11) is 0. The maximum Gasteiger partial charge on any atom is 0.321 e. The molecule has 27 heavy (non-hydrogen) atoms. The van der Waals surface area contributed by atoms with Crippen LogP contribution in [0.15, 0.2) is 42.5 Å². The van der Waals surface area contributed by atoms with E-state index in [4.69, 9.17) is 4.74 Å². The first kappa shape index (κ1) is 20.3. The molecule has 0 aromatic heterocycles. The molecular weight excluding hydrogens is 342 g/mol. The first-order valence-electron chi connectivity index (χ1n) is 8.81. The number of nitrogens with one attached hydrogen (secondary N) is 3. The van der Waals surface area contributed by atoms with E-state index in [1.807, 2.05) is 19.1 Å². The Bertz CT molecular complexity index is 826. The number of urea groups is 1. The lowest BCUT2D eigenvalue weighted by atomic mass is 9.85. The number of hydrogen-bond acceptors (Lipinski definition) is 3. The van der Waals surface area contributed by atoms with E-state index in [-0.39, 0.29) is 24.1 Å². The number of benzene rings is 2. The molecule has 2 aromatic carbocycles. The lowest BCUT2D eigenvalue weighted by molar-refractivity contribution is -0.114. The Kier molecular flexibility index (Phi) is 6.45. The molecule has 0 saturated carbocycles. The number of carbonyl (C=O) groups is 2. The number of ether oxygens (including phenoxy) is 1. The predicted molar refractivity (Wildman–Crippen MR) is 108 cm³/mol. The highest BCUT2D eigenvalue weighted by molar-refractivity contribution is 5.92. The summed E-state index contributed by atoms with van der Waals surface area (Å²) in [6, 6.07) is 12.5. The van der Waals surface area contributed by atoms with Gasteiger partial charge >= 0.3 is 6.03 Å². The minimum atomic E-state index is -0.389. The Morgan fingerprint density at radius 2 is 1.67 bits per heavy atom. The molecule has 3 amide bonds. The second kappa shape index (κ2) is 8.58. The molecule has 2 rings (SSSR count). The quantitative estimate of drug-likeness (QED) is 0.683. The first-order chi connectivity index (χ1) is 12.6. The van der Waals surface area contributed by atoms with Crippen LogP contribution in [-0.4, -0.2) is 18.7 Å². The van der Waals surface area contributed by atoms with Crippen LogP contribution in [0.4, 0.5) is 16.2 Å². The summed E-state index contributed by atoms with van der Waals surface area (Å²) < 4.78 is 5.77. The zero-order chi connectivity index (χ0) is 20.0. The van der Waals surface area contributed by atoms with Crippen molar-refractivity contribution >= 4 is 23.3 Å². The van der Waals surface area contributed by atoms with Crippen molar-refractivity contribution in [1.82, 2.24) is 5.32 Å². The van der Waals surface area contributed by atoms with Gasteiger partial charge in [0.1, 0.15) is 5.75 Å². The third-order valence-corrected chi connectivity index (χ3v) is 3.84. The molecule has 0 saturated heterocycles. The zero-order valence-electron chi connectivity index (χ0n) is 16.5. The molecule has 0 atom stereocenters. The van der Waals surface area contributed by atoms with Crippen molar-refractivity contribution in [1.29, 1.82) is 0 Å². The van der Waals surface area contributed by atoms with E-state index in [2.05, 4.69) is 42.8 Å². The zero-order valence-corrected chi connectivity index (χ0v) is 16.5. The van der Waals surface area contributed by atoms with Crippen LogP contribution in [0, 0.1) is 6.92 Å². The van der Waals surface area contributed by atoms with Crippen LogP contribution in [0.1, 0.15) is 38.8 Å². The topological polar surface area (TPSA) is 79.5 Å². The fraction of sp³-hybridized carbons (Fsp3) is 0.333. The van der Waals surface area contributed by atoms with Crippen LogP contribution < -0.4 is 20.7 Å². The van der Waals surface area contributed by atoms with E-state index in [1.54, 1.807) is 24.3 Å². The Morgan fingerprint density at radius 3 is 2.30 bits per heavy atom. The van der Waals surface area contributed by atoms with Crippen molar-refractivity contribution in [3.05, 3.63) is 53.6 Å². The number of anilines is 2. The molecule has 0 spiro atoms. The summed E-state index contributed by atoms with van der Waals surface area (Å²) in [5.41, 5.74) is 3.38. The van der Waals surface area contributed by atoms with Gasteiger partial charge in [0.2, 0.25) is 5.91 Å². The van der Waals surface area contributed by atoms with Gasteiger partial charge in [-0.15, -0.1) is 0 Å². The fourth-order valence-corrected chi connectivity index (χ4v) is 2.59. The second-order valence-corrected chi connectivity index (χ2v) is 7.43. The number of carbonyl (C=O) groups excluding carboxylic acids is 2. The fourth-order valence-electron chi connectivity index (χ4n) is 2.59. The summed E-state index contributed by atoms with van der Waals surface area (Å²) in [4.78, 5) is 23.2. The lowest BCUT2D eigenvalue weighted by Gasteiger charge is -2.23. The smallest absolute Gasteiger partial charge is 0.321 e. The molecule has 0 bridgehead atoms. The van der Waals surface area contributed by atoms with Crippen LogP contribution in [0.25, 0.3) is 0 Å². The van der Waals surface area contributed by atoms with Gasteiger partial charge in [0.05, 0.1) is 0 Å². The third kappa shape index (κ3) is 6.33. The van der Waals surface area contributed by atoms with E-state index in [9.17, 15) is 9.59 Å². The van der Waals surface area contributed by atoms with Gasteiger partial charge in [0.25, 0.3) is 0 Å². The Balaban J connectivity index is 1.93. The summed E-state index contributed by atoms with van der Waals surface area (Å²) in [6.07, 6.45) is 0. The molecule has 6 nitrogen and oxygen atoms in total. The van der Waals surface area contributed by atoms with Gasteiger partial charge in [-0.05, 0) is 42.2 Å². The van der Waals surface area contributed by atoms with E-state index in [0.29, 0.717) is 11.4 Å². The molecular formula is C21H27N3O3. The van der Waals surface area contributed by atoms with Crippen LogP contribution in [0.5, 0.6) is 5.75 Å². The highest BCUT2D eigenvalue weighted by Crippen LogP contribution is 2.32. The summed E-state index contributed by atoms with van der Waals surface area (Å²) in [6.45, 7) is 9.88. The molecule has 0 radical (unpaired) electrons. The van der Waals surface area contributed by atoms with Crippen molar-refractivity contribution in [2.75, 3.05) is 17.4 Å². The molecule has 6 heteroatoms. The van der Waals surface area contributed by atoms with Crippen molar-refractivity contribution < 1.29 is 14.3 Å². The summed E-state index contributed by atoms with van der Waals surface area (Å²) in [5, 5.41) is 8.06. The van der Waals surface area contributed by atoms with Crippen molar-refractivity contribution in [3.8, 4) is 5.75 Å². The molecule has 3 N–H and O–H groups in total. The third-order valence-electron chi connectivity index (χ3n) is 3.84. The minimum absolute atomic E-state index is 0.0450. The van der Waals surface area contributed by atoms with Gasteiger partial charge in [0.15, 0.2) is 6.73 Å². The average molecular weight is 369 g/mol. The maximum absolute atomic E-state index is 12.1. The second-order valence-electron chi connectivity index (χ2n) is 7.43. The molecule has 0 aliphatic heterocycles. The van der Waals surface area contributed by atoms with Crippen LogP contribution in [0.3, 0.4) is 0 Å². The standard InChI is InChI=1S/C21H27N3O3/c1-14-9-10-19(18(11-14)21(3,4)5)27-13-22-20(26)24-17-8-6-7-16(12-17)23-15(2)25/h6-12H,13H2,1-5H3,(H,23,25)(H2,22,24,26). The van der Waals surface area contributed by atoms with Crippen LogP contribution in [0.2, 0.25) is 0 Å². The van der Waals surface area contributed by atoms with Gasteiger partial charge < -0.3 is 20.7 Å². The van der Waals surface area contributed by atoms with Crippen molar-refractivity contribution in [3.63, 3.8) is 0 Å². The van der Waals surface area contributed by atoms with Gasteiger partial charge in [-0.1, -0.05) is 44.5 Å². The first-order valence-corrected chi connectivity index (χ1v) is 8.81. The number of aryl methyl sites for hydroxylation is 1.